The van der Waals surface area contributed by atoms with E-state index in [0.29, 0.717) is 6.54 Å². The summed E-state index contributed by atoms with van der Waals surface area (Å²) in [5.41, 5.74) is 0. The second-order valence-electron chi connectivity index (χ2n) is 3.87. The number of hydrogen-bond donors (Lipinski definition) is 1. The van der Waals surface area contributed by atoms with Gasteiger partial charge in [-0.15, -0.1) is 0 Å². The van der Waals surface area contributed by atoms with E-state index in [1.165, 1.54) is 0 Å². The van der Waals surface area contributed by atoms with Crippen molar-refractivity contribution in [2.75, 3.05) is 18.0 Å². The minimum absolute atomic E-state index is 0.0790. The summed E-state index contributed by atoms with van der Waals surface area (Å²) in [4.78, 5) is 18.2. The van der Waals surface area contributed by atoms with E-state index in [1.807, 2.05) is 13.0 Å². The van der Waals surface area contributed by atoms with Gasteiger partial charge in [0.2, 0.25) is 5.91 Å². The summed E-state index contributed by atoms with van der Waals surface area (Å²) in [5.74, 6) is 0.908. The van der Waals surface area contributed by atoms with Crippen molar-refractivity contribution in [1.82, 2.24) is 10.3 Å². The lowest BCUT2D eigenvalue weighted by atomic mass is 10.1. The van der Waals surface area contributed by atoms with Crippen molar-refractivity contribution in [3.05, 3.63) is 21.2 Å². The van der Waals surface area contributed by atoms with Crippen molar-refractivity contribution in [2.45, 2.75) is 19.4 Å². The third kappa shape index (κ3) is 2.63. The van der Waals surface area contributed by atoms with Gasteiger partial charge in [0, 0.05) is 23.8 Å². The first-order valence-electron chi connectivity index (χ1n) is 5.49. The minimum atomic E-state index is -0.131. The number of carbonyl (C=O) groups is 1. The van der Waals surface area contributed by atoms with E-state index in [1.54, 1.807) is 6.20 Å². The predicted octanol–water partition coefficient (Wildman–Crippen LogP) is 2.32. The summed E-state index contributed by atoms with van der Waals surface area (Å²) in [6, 6.07) is 1.82. The number of halogens is 2. The van der Waals surface area contributed by atoms with Gasteiger partial charge in [0.15, 0.2) is 0 Å². The van der Waals surface area contributed by atoms with Gasteiger partial charge in [0.1, 0.15) is 11.9 Å². The molecule has 2 heterocycles. The zero-order chi connectivity index (χ0) is 12.4. The third-order valence-corrected chi connectivity index (χ3v) is 3.80. The Morgan fingerprint density at radius 2 is 2.35 bits per heavy atom. The molecule has 0 bridgehead atoms. The smallest absolute Gasteiger partial charge is 0.242 e. The van der Waals surface area contributed by atoms with Crippen molar-refractivity contribution >= 4 is 43.6 Å². The molecule has 0 saturated carbocycles. The zero-order valence-electron chi connectivity index (χ0n) is 9.41. The van der Waals surface area contributed by atoms with Crippen LogP contribution in [0.4, 0.5) is 5.82 Å². The highest BCUT2D eigenvalue weighted by Gasteiger charge is 2.29. The van der Waals surface area contributed by atoms with Crippen molar-refractivity contribution in [2.24, 2.45) is 0 Å². The Hall–Kier alpha value is -0.620. The van der Waals surface area contributed by atoms with Crippen LogP contribution in [0, 0.1) is 0 Å². The van der Waals surface area contributed by atoms with Crippen LogP contribution >= 0.6 is 31.9 Å². The molecule has 1 aromatic heterocycles. The normalized spacial score (nSPS) is 20.3. The van der Waals surface area contributed by atoms with Crippen LogP contribution in [0.1, 0.15) is 13.3 Å². The predicted molar refractivity (Wildman–Crippen MR) is 74.1 cm³/mol. The molecule has 1 fully saturated rings. The maximum Gasteiger partial charge on any atom is 0.242 e. The number of rotatable bonds is 2. The molecular weight excluding hydrogens is 350 g/mol. The molecule has 4 nitrogen and oxygen atoms in total. The number of nitrogens with zero attached hydrogens (tertiary/aromatic N) is 2. The summed E-state index contributed by atoms with van der Waals surface area (Å²) >= 11 is 6.87. The largest absolute Gasteiger partial charge is 0.353 e. The lowest BCUT2D eigenvalue weighted by Crippen LogP contribution is -2.55. The van der Waals surface area contributed by atoms with Gasteiger partial charge in [-0.25, -0.2) is 4.98 Å². The molecule has 0 aliphatic carbocycles. The van der Waals surface area contributed by atoms with Gasteiger partial charge in [0.25, 0.3) is 0 Å². The van der Waals surface area contributed by atoms with E-state index in [-0.39, 0.29) is 11.9 Å². The molecule has 1 aliphatic heterocycles. The summed E-state index contributed by atoms with van der Waals surface area (Å²) in [6.45, 7) is 3.46. The Bertz CT molecular complexity index is 439. The molecular formula is C11H13Br2N3O. The number of pyridine rings is 1. The first kappa shape index (κ1) is 12.8. The van der Waals surface area contributed by atoms with Crippen LogP contribution < -0.4 is 10.2 Å². The van der Waals surface area contributed by atoms with E-state index in [4.69, 9.17) is 0 Å². The Morgan fingerprint density at radius 1 is 1.59 bits per heavy atom. The molecule has 6 heteroatoms. The number of piperazine rings is 1. The highest BCUT2D eigenvalue weighted by molar-refractivity contribution is 9.11. The van der Waals surface area contributed by atoms with E-state index >= 15 is 0 Å². The number of anilines is 1. The lowest BCUT2D eigenvalue weighted by Gasteiger charge is -2.35. The highest BCUT2D eigenvalue weighted by atomic mass is 79.9. The zero-order valence-corrected chi connectivity index (χ0v) is 12.6. The number of nitrogens with one attached hydrogen (secondary N) is 1. The van der Waals surface area contributed by atoms with Crippen LogP contribution in [0.3, 0.4) is 0 Å². The molecule has 0 radical (unpaired) electrons. The van der Waals surface area contributed by atoms with E-state index in [2.05, 4.69) is 47.1 Å². The quantitative estimate of drug-likeness (QED) is 0.878. The van der Waals surface area contributed by atoms with Crippen LogP contribution in [0.25, 0.3) is 0 Å². The fourth-order valence-electron chi connectivity index (χ4n) is 1.99. The van der Waals surface area contributed by atoms with Gasteiger partial charge in [0.05, 0.1) is 4.47 Å². The first-order valence-corrected chi connectivity index (χ1v) is 7.07. The van der Waals surface area contributed by atoms with Crippen LogP contribution in [0.2, 0.25) is 0 Å². The third-order valence-electron chi connectivity index (χ3n) is 2.78. The van der Waals surface area contributed by atoms with Crippen LogP contribution in [-0.4, -0.2) is 30.0 Å². The van der Waals surface area contributed by atoms with Gasteiger partial charge in [-0.1, -0.05) is 6.92 Å². The molecule has 1 aromatic rings. The van der Waals surface area contributed by atoms with E-state index in [9.17, 15) is 4.79 Å². The molecule has 92 valence electrons. The highest BCUT2D eigenvalue weighted by Crippen LogP contribution is 2.29. The van der Waals surface area contributed by atoms with Gasteiger partial charge < -0.3 is 10.2 Å². The van der Waals surface area contributed by atoms with Crippen LogP contribution in [-0.2, 0) is 4.79 Å². The van der Waals surface area contributed by atoms with Crippen LogP contribution in [0.15, 0.2) is 21.2 Å². The second kappa shape index (κ2) is 5.35. The number of aromatic nitrogens is 1. The number of carbonyl (C=O) groups excluding carboxylic acids is 1. The monoisotopic (exact) mass is 361 g/mol. The standard InChI is InChI=1S/C11H13Br2N3O/c1-2-9-11(17)14-3-4-16(9)10-8(13)5-7(12)6-15-10/h5-6,9H,2-4H2,1H3,(H,14,17). The summed E-state index contributed by atoms with van der Waals surface area (Å²) in [7, 11) is 0. The van der Waals surface area contributed by atoms with Crippen molar-refractivity contribution in [1.29, 1.82) is 0 Å². The topological polar surface area (TPSA) is 45.2 Å². The minimum Gasteiger partial charge on any atom is -0.353 e. The van der Waals surface area contributed by atoms with Gasteiger partial charge in [-0.2, -0.15) is 0 Å². The molecule has 2 rings (SSSR count). The van der Waals surface area contributed by atoms with Gasteiger partial charge in [-0.3, -0.25) is 4.79 Å². The molecule has 0 spiro atoms. The van der Waals surface area contributed by atoms with Gasteiger partial charge >= 0.3 is 0 Å². The fraction of sp³-hybridized carbons (Fsp3) is 0.455. The van der Waals surface area contributed by atoms with E-state index < -0.39 is 0 Å². The van der Waals surface area contributed by atoms with Crippen molar-refractivity contribution in [3.63, 3.8) is 0 Å². The average molecular weight is 363 g/mol. The Labute approximate surface area is 117 Å². The van der Waals surface area contributed by atoms with Crippen LogP contribution in [0.5, 0.6) is 0 Å². The molecule has 1 amide bonds. The lowest BCUT2D eigenvalue weighted by molar-refractivity contribution is -0.123. The molecule has 1 aliphatic rings. The van der Waals surface area contributed by atoms with Gasteiger partial charge in [-0.05, 0) is 44.3 Å². The maximum absolute atomic E-state index is 11.8. The molecule has 1 atom stereocenters. The average Bonchev–Trinajstić information content (AvgIpc) is 2.29. The van der Waals surface area contributed by atoms with Crippen molar-refractivity contribution in [3.8, 4) is 0 Å². The Balaban J connectivity index is 2.33. The SMILES string of the molecule is CCC1C(=O)NCCN1c1ncc(Br)cc1Br. The molecule has 0 aromatic carbocycles. The Morgan fingerprint density at radius 3 is 3.00 bits per heavy atom. The summed E-state index contributed by atoms with van der Waals surface area (Å²) < 4.78 is 1.82. The maximum atomic E-state index is 11.8. The summed E-state index contributed by atoms with van der Waals surface area (Å²) in [6.07, 6.45) is 2.52. The molecule has 17 heavy (non-hydrogen) atoms. The molecule has 1 N–H and O–H groups in total. The number of amides is 1. The Kier molecular flexibility index (Phi) is 4.04. The molecule has 1 unspecified atom stereocenters. The first-order chi connectivity index (χ1) is 8.13. The fourth-order valence-corrected chi connectivity index (χ4v) is 3.21. The molecule has 1 saturated heterocycles. The van der Waals surface area contributed by atoms with Crippen molar-refractivity contribution < 1.29 is 4.79 Å². The second-order valence-corrected chi connectivity index (χ2v) is 5.64. The van der Waals surface area contributed by atoms with E-state index in [0.717, 1.165) is 27.7 Å². The summed E-state index contributed by atoms with van der Waals surface area (Å²) in [5, 5.41) is 2.88. The number of hydrogen-bond acceptors (Lipinski definition) is 3.